The number of phosphoric ester groups is 1. The van der Waals surface area contributed by atoms with E-state index in [2.05, 4.69) is 23.2 Å². The van der Waals surface area contributed by atoms with Crippen LogP contribution in [0.4, 0.5) is 0 Å². The first-order valence-electron chi connectivity index (χ1n) is 8.24. The molecule has 6 unspecified atom stereocenters. The summed E-state index contributed by atoms with van der Waals surface area (Å²) in [6.45, 7) is -0.750. The molecule has 0 aliphatic carbocycles. The number of hydrogen-bond acceptors (Lipinski definition) is 9. The molecule has 31 heavy (non-hydrogen) atoms. The van der Waals surface area contributed by atoms with Crippen molar-refractivity contribution in [3.05, 3.63) is 46.3 Å². The van der Waals surface area contributed by atoms with Gasteiger partial charge in [-0.1, -0.05) is 35.4 Å². The van der Waals surface area contributed by atoms with Gasteiger partial charge < -0.3 is 29.0 Å². The van der Waals surface area contributed by atoms with Crippen LogP contribution in [-0.2, 0) is 36.3 Å². The maximum absolute atomic E-state index is 11.9. The van der Waals surface area contributed by atoms with E-state index in [4.69, 9.17) is 37.5 Å². The summed E-state index contributed by atoms with van der Waals surface area (Å²) >= 11 is 0. The number of ether oxygens (including phenoxy) is 2. The van der Waals surface area contributed by atoms with Gasteiger partial charge in [-0.25, -0.2) is 13.7 Å². The van der Waals surface area contributed by atoms with Crippen molar-refractivity contribution in [2.75, 3.05) is 6.61 Å². The largest absolute Gasteiger partial charge is 0.490 e. The molecule has 0 aromatic heterocycles. The number of hydrogen-bond donors (Lipinski definition) is 4. The van der Waals surface area contributed by atoms with Crippen LogP contribution < -0.4 is 0 Å². The molecule has 2 rings (SSSR count). The van der Waals surface area contributed by atoms with Crippen LogP contribution in [0.2, 0.25) is 0 Å². The minimum absolute atomic E-state index is 0.0781. The van der Waals surface area contributed by atoms with Crippen LogP contribution in [0.1, 0.15) is 18.2 Å². The van der Waals surface area contributed by atoms with E-state index in [0.29, 0.717) is 5.56 Å². The van der Waals surface area contributed by atoms with Crippen molar-refractivity contribution in [1.29, 1.82) is 0 Å². The van der Waals surface area contributed by atoms with Gasteiger partial charge in [-0.05, 0) is 17.5 Å². The summed E-state index contributed by atoms with van der Waals surface area (Å²) in [6, 6.07) is 7.50. The molecule has 1 aromatic carbocycles. The predicted molar refractivity (Wildman–Crippen MR) is 102 cm³/mol. The third kappa shape index (κ3) is 9.13. The monoisotopic (exact) mass is 499 g/mol. The zero-order valence-electron chi connectivity index (χ0n) is 15.4. The first-order valence-corrected chi connectivity index (χ1v) is 12.8. The Kier molecular flexibility index (Phi) is 9.03. The van der Waals surface area contributed by atoms with Gasteiger partial charge in [0.2, 0.25) is 0 Å². The summed E-state index contributed by atoms with van der Waals surface area (Å²) in [5.41, 5.74) is 9.29. The molecule has 0 saturated carbocycles. The summed E-state index contributed by atoms with van der Waals surface area (Å²) < 4.78 is 56.7. The van der Waals surface area contributed by atoms with E-state index in [1.807, 2.05) is 0 Å². The fourth-order valence-electron chi connectivity index (χ4n) is 2.51. The summed E-state index contributed by atoms with van der Waals surface area (Å²) in [6.07, 6.45) is -2.99. The average molecular weight is 499 g/mol. The Balaban J connectivity index is 2.04. The number of azide groups is 1. The van der Waals surface area contributed by atoms with Crippen LogP contribution >= 0.6 is 23.5 Å². The van der Waals surface area contributed by atoms with E-state index in [0.717, 1.165) is 0 Å². The second-order valence-corrected chi connectivity index (χ2v) is 10.4. The van der Waals surface area contributed by atoms with Crippen molar-refractivity contribution in [3.8, 4) is 0 Å². The maximum Gasteiger partial charge on any atom is 0.490 e. The Morgan fingerprint density at radius 1 is 1.16 bits per heavy atom. The molecule has 19 heteroatoms. The zero-order chi connectivity index (χ0) is 23.3. The van der Waals surface area contributed by atoms with Gasteiger partial charge in [0.15, 0.2) is 6.23 Å². The zero-order valence-corrected chi connectivity index (χ0v) is 18.1. The van der Waals surface area contributed by atoms with Crippen molar-refractivity contribution < 1.29 is 55.9 Å². The Bertz CT molecular complexity index is 941. The molecule has 6 atom stereocenters. The molecule has 1 aromatic rings. The Morgan fingerprint density at radius 3 is 2.39 bits per heavy atom. The number of phosphoric acid groups is 3. The van der Waals surface area contributed by atoms with Crippen LogP contribution in [0.15, 0.2) is 35.4 Å². The Morgan fingerprint density at radius 2 is 1.81 bits per heavy atom. The van der Waals surface area contributed by atoms with Gasteiger partial charge in [0.25, 0.3) is 0 Å². The van der Waals surface area contributed by atoms with Crippen LogP contribution in [0, 0.1) is 0 Å². The average Bonchev–Trinajstić information content (AvgIpc) is 2.97. The van der Waals surface area contributed by atoms with Gasteiger partial charge in [0.05, 0.1) is 12.7 Å². The van der Waals surface area contributed by atoms with Gasteiger partial charge in [-0.3, -0.25) is 4.52 Å². The molecule has 1 aliphatic heterocycles. The molecule has 0 bridgehead atoms. The molecule has 4 N–H and O–H groups in total. The minimum Gasteiger partial charge on any atom is -0.380 e. The summed E-state index contributed by atoms with van der Waals surface area (Å²) in [7, 11) is -10.8. The highest BCUT2D eigenvalue weighted by molar-refractivity contribution is 7.66. The van der Waals surface area contributed by atoms with Crippen LogP contribution in [0.3, 0.4) is 0 Å². The molecule has 2 radical (unpaired) electrons. The summed E-state index contributed by atoms with van der Waals surface area (Å²) in [4.78, 5) is 38.5. The van der Waals surface area contributed by atoms with Gasteiger partial charge in [0, 0.05) is 10.9 Å². The molecule has 15 nitrogen and oxygen atoms in total. The standard InChI is InChI=1S/C12H17BN3O12P3/c13-11-6-9(26-12(15-16-14)8-4-2-1-3-5-8)10(25-11)7-24-30(20,21)28-31(22,23)27-29(17,18)19/h1-5,9-12H,6-7H2,(H,20,21)(H,22,23)(H2,17,18,19). The highest BCUT2D eigenvalue weighted by Gasteiger charge is 2.42. The normalized spacial score (nSPS) is 26.4. The van der Waals surface area contributed by atoms with Gasteiger partial charge in [0.1, 0.15) is 14.0 Å². The molecular weight excluding hydrogens is 482 g/mol. The topological polar surface area (TPSA) is 227 Å². The highest BCUT2D eigenvalue weighted by Crippen LogP contribution is 2.66. The first-order chi connectivity index (χ1) is 14.3. The van der Waals surface area contributed by atoms with Crippen LogP contribution in [0.25, 0.3) is 10.4 Å². The molecule has 170 valence electrons. The second kappa shape index (κ2) is 10.7. The summed E-state index contributed by atoms with van der Waals surface area (Å²) in [5.74, 6) is 0. The van der Waals surface area contributed by atoms with Crippen molar-refractivity contribution in [2.24, 2.45) is 5.11 Å². The molecule has 0 spiro atoms. The number of benzene rings is 1. The fourth-order valence-corrected chi connectivity index (χ4v) is 5.54. The lowest BCUT2D eigenvalue weighted by molar-refractivity contribution is -0.0669. The van der Waals surface area contributed by atoms with Crippen LogP contribution in [0.5, 0.6) is 0 Å². The number of rotatable bonds is 11. The smallest absolute Gasteiger partial charge is 0.380 e. The molecular formula is C12H17BN3O12P3. The second-order valence-electron chi connectivity index (χ2n) is 5.98. The van der Waals surface area contributed by atoms with Crippen molar-refractivity contribution >= 4 is 31.3 Å². The van der Waals surface area contributed by atoms with E-state index < -0.39 is 54.5 Å². The summed E-state index contributed by atoms with van der Waals surface area (Å²) in [5, 5.41) is 3.54. The van der Waals surface area contributed by atoms with E-state index >= 15 is 0 Å². The molecule has 1 saturated heterocycles. The Labute approximate surface area is 176 Å². The third-order valence-corrected chi connectivity index (χ3v) is 7.39. The molecule has 1 aliphatic rings. The van der Waals surface area contributed by atoms with E-state index in [1.165, 1.54) is 0 Å². The third-order valence-electron chi connectivity index (χ3n) is 3.59. The van der Waals surface area contributed by atoms with Gasteiger partial charge >= 0.3 is 23.5 Å². The minimum atomic E-state index is -5.65. The lowest BCUT2D eigenvalue weighted by Gasteiger charge is -2.24. The van der Waals surface area contributed by atoms with Crippen molar-refractivity contribution in [2.45, 2.75) is 30.9 Å². The van der Waals surface area contributed by atoms with Crippen LogP contribution in [-0.4, -0.2) is 52.2 Å². The lowest BCUT2D eigenvalue weighted by Crippen LogP contribution is -2.30. The molecule has 1 fully saturated rings. The van der Waals surface area contributed by atoms with Crippen molar-refractivity contribution in [3.63, 3.8) is 0 Å². The van der Waals surface area contributed by atoms with E-state index in [-0.39, 0.29) is 6.42 Å². The van der Waals surface area contributed by atoms with Crippen molar-refractivity contribution in [1.82, 2.24) is 0 Å². The fraction of sp³-hybridized carbons (Fsp3) is 0.500. The Hall–Kier alpha value is -1.08. The van der Waals surface area contributed by atoms with Gasteiger partial charge in [-0.2, -0.15) is 8.62 Å². The first kappa shape index (κ1) is 26.2. The van der Waals surface area contributed by atoms with Gasteiger partial charge in [-0.15, -0.1) is 0 Å². The molecule has 1 heterocycles. The SMILES string of the molecule is [B]C1CC(OC(N=[N+]=[N-])c2ccccc2)C(COP(=O)(O)OP(=O)(O)OP(=O)(O)O)O1. The molecule has 0 amide bonds. The van der Waals surface area contributed by atoms with E-state index in [1.54, 1.807) is 30.3 Å². The highest BCUT2D eigenvalue weighted by atomic mass is 31.3. The maximum atomic E-state index is 11.9. The van der Waals surface area contributed by atoms with E-state index in [9.17, 15) is 18.6 Å². The quantitative estimate of drug-likeness (QED) is 0.113. The number of nitrogens with zero attached hydrogens (tertiary/aromatic N) is 3. The predicted octanol–water partition coefficient (Wildman–Crippen LogP) is 2.01. The lowest BCUT2D eigenvalue weighted by atomic mass is 9.96.